The van der Waals surface area contributed by atoms with Crippen LogP contribution >= 0.6 is 38.5 Å². The van der Waals surface area contributed by atoms with Crippen LogP contribution in [0.4, 0.5) is 4.39 Å². The van der Waals surface area contributed by atoms with E-state index in [1.165, 1.54) is 12.5 Å². The van der Waals surface area contributed by atoms with Crippen LogP contribution in [0, 0.1) is 6.92 Å². The van der Waals surface area contributed by atoms with E-state index in [4.69, 9.17) is 4.79 Å². The number of alkyl halides is 3. The van der Waals surface area contributed by atoms with Gasteiger partial charge in [-0.2, -0.15) is 0 Å². The van der Waals surface area contributed by atoms with Crippen molar-refractivity contribution in [1.82, 2.24) is 0 Å². The predicted octanol–water partition coefficient (Wildman–Crippen LogP) is 5.48. The van der Waals surface area contributed by atoms with E-state index >= 15 is 0 Å². The molecule has 0 unspecified atom stereocenters. The molecule has 0 aliphatic rings. The fourth-order valence-electron chi connectivity index (χ4n) is 0.534. The van der Waals surface area contributed by atoms with Crippen LogP contribution in [0.2, 0.25) is 0 Å². The van der Waals surface area contributed by atoms with Gasteiger partial charge in [-0.3, -0.25) is 4.39 Å². The zero-order valence-electron chi connectivity index (χ0n) is 10.5. The second kappa shape index (κ2) is 44.4. The van der Waals surface area contributed by atoms with Crippen molar-refractivity contribution in [2.75, 3.05) is 17.9 Å². The minimum atomic E-state index is 0. The van der Waals surface area contributed by atoms with Crippen LogP contribution in [0.15, 0.2) is 30.3 Å². The third kappa shape index (κ3) is 48.9. The second-order valence-electron chi connectivity index (χ2n) is 1.89. The lowest BCUT2D eigenvalue weighted by Crippen LogP contribution is -1.62. The largest absolute Gasteiger partial charge is 0.304 e. The molecule has 1 aromatic carbocycles. The number of benzene rings is 1. The Balaban J connectivity index is -0.0000000417. The lowest BCUT2D eigenvalue weighted by atomic mass is 10.2. The van der Waals surface area contributed by atoms with Gasteiger partial charge in [-0.1, -0.05) is 81.8 Å². The Bertz CT molecular complexity index is 184. The molecular weight excluding hydrogens is 398 g/mol. The molecule has 0 saturated carbocycles. The van der Waals surface area contributed by atoms with E-state index in [0.717, 1.165) is 6.29 Å². The van der Waals surface area contributed by atoms with Gasteiger partial charge in [-0.15, -0.1) is 0 Å². The summed E-state index contributed by atoms with van der Waals surface area (Å²) in [5.41, 5.74) is 1.32. The zero-order valence-corrected chi connectivity index (χ0v) is 14.2. The summed E-state index contributed by atoms with van der Waals surface area (Å²) >= 11 is 5.09. The number of rotatable bonds is 0. The molecule has 17 heavy (non-hydrogen) atoms. The summed E-state index contributed by atoms with van der Waals surface area (Å²) in [4.78, 5) is 10.8. The summed E-state index contributed by atoms with van der Waals surface area (Å²) in [5.74, 6) is 1.81. The molecule has 1 rings (SSSR count). The Hall–Kier alpha value is 0.0300. The SMILES string of the molecule is C.CBr.CC=O.CF.CI.Cc1ccccc1. The maximum Gasteiger partial charge on any atom is 0.116 e. The average molecular weight is 423 g/mol. The Morgan fingerprint density at radius 3 is 1.47 bits per heavy atom. The van der Waals surface area contributed by atoms with Gasteiger partial charge in [0.05, 0.1) is 7.18 Å². The van der Waals surface area contributed by atoms with Crippen molar-refractivity contribution < 1.29 is 9.18 Å². The molecule has 0 aromatic heterocycles. The molecule has 0 spiro atoms. The van der Waals surface area contributed by atoms with Gasteiger partial charge in [-0.05, 0) is 24.6 Å². The van der Waals surface area contributed by atoms with Crippen molar-refractivity contribution in [1.29, 1.82) is 0 Å². The minimum Gasteiger partial charge on any atom is -0.304 e. The number of halogens is 3. The van der Waals surface area contributed by atoms with E-state index < -0.39 is 0 Å². The molecule has 0 atom stereocenters. The molecule has 1 nitrogen and oxygen atoms in total. The Labute approximate surface area is 128 Å². The zero-order chi connectivity index (χ0) is 13.8. The predicted molar refractivity (Wildman–Crippen MR) is 91.5 cm³/mol. The fourth-order valence-corrected chi connectivity index (χ4v) is 0.534. The van der Waals surface area contributed by atoms with E-state index in [0.29, 0.717) is 7.18 Å². The van der Waals surface area contributed by atoms with Gasteiger partial charge >= 0.3 is 0 Å². The molecule has 0 radical (unpaired) electrons. The maximum atomic E-state index is 9.50. The highest BCUT2D eigenvalue weighted by Crippen LogP contribution is 1.92. The molecule has 0 aliphatic carbocycles. The Morgan fingerprint density at radius 1 is 1.12 bits per heavy atom. The van der Waals surface area contributed by atoms with E-state index in [1.807, 2.05) is 29.0 Å². The van der Waals surface area contributed by atoms with E-state index in [1.54, 1.807) is 0 Å². The van der Waals surface area contributed by atoms with Gasteiger partial charge in [0.1, 0.15) is 6.29 Å². The Kier molecular flexibility index (Phi) is 79.0. The van der Waals surface area contributed by atoms with Crippen molar-refractivity contribution in [3.8, 4) is 0 Å². The summed E-state index contributed by atoms with van der Waals surface area (Å²) in [6, 6.07) is 10.3. The van der Waals surface area contributed by atoms with Gasteiger partial charge in [0.25, 0.3) is 0 Å². The van der Waals surface area contributed by atoms with Crippen molar-refractivity contribution >= 4 is 44.8 Å². The van der Waals surface area contributed by atoms with Crippen LogP contribution in [0.3, 0.4) is 0 Å². The van der Waals surface area contributed by atoms with Gasteiger partial charge in [0, 0.05) is 0 Å². The quantitative estimate of drug-likeness (QED) is 0.307. The number of hydrogen-bond acceptors (Lipinski definition) is 1. The third-order valence-corrected chi connectivity index (χ3v) is 0.940. The molecule has 0 amide bonds. The van der Waals surface area contributed by atoms with Crippen LogP contribution in [-0.4, -0.2) is 24.2 Å². The first-order chi connectivity index (χ1) is 7.81. The second-order valence-corrected chi connectivity index (χ2v) is 1.89. The lowest BCUT2D eigenvalue weighted by Gasteiger charge is -1.82. The van der Waals surface area contributed by atoms with Crippen molar-refractivity contribution in [2.45, 2.75) is 21.3 Å². The summed E-state index contributed by atoms with van der Waals surface area (Å²) in [6.45, 7) is 3.53. The summed E-state index contributed by atoms with van der Waals surface area (Å²) in [5, 5.41) is 0. The number of hydrogen-bond donors (Lipinski definition) is 0. The fraction of sp³-hybridized carbons (Fsp3) is 0.462. The van der Waals surface area contributed by atoms with Crippen LogP contribution in [-0.2, 0) is 4.79 Å². The summed E-state index contributed by atoms with van der Waals surface area (Å²) in [7, 11) is 0.500. The number of aryl methyl sites for hydroxylation is 1. The standard InChI is InChI=1S/C7H8.C2H4O.CH3Br.CH3F.CH3I.CH4/c1-7-5-3-2-4-6-7;1-2-3;3*1-2;/h2-6H,1H3;2H,1H3;3*1H3;1H4. The number of carbonyl (C=O) groups is 1. The maximum absolute atomic E-state index is 9.50. The molecule has 0 heterocycles. The summed E-state index contributed by atoms with van der Waals surface area (Å²) < 4.78 is 9.50. The molecule has 4 heteroatoms. The van der Waals surface area contributed by atoms with Crippen molar-refractivity contribution in [2.24, 2.45) is 0 Å². The molecule has 104 valence electrons. The van der Waals surface area contributed by atoms with Gasteiger partial charge in [-0.25, -0.2) is 0 Å². The topological polar surface area (TPSA) is 17.1 Å². The smallest absolute Gasteiger partial charge is 0.116 e. The molecule has 0 aliphatic heterocycles. The molecular formula is C13H25BrFIO. The molecule has 0 bridgehead atoms. The van der Waals surface area contributed by atoms with E-state index in [9.17, 15) is 4.39 Å². The first-order valence-electron chi connectivity index (χ1n) is 4.36. The highest BCUT2D eigenvalue weighted by Gasteiger charge is 1.72. The summed E-state index contributed by atoms with van der Waals surface area (Å²) in [6.07, 6.45) is 0.750. The average Bonchev–Trinajstić information content (AvgIpc) is 2.38. The number of aldehydes is 1. The highest BCUT2D eigenvalue weighted by molar-refractivity contribution is 14.1. The number of carbonyl (C=O) groups excluding carboxylic acids is 1. The lowest BCUT2D eigenvalue weighted by molar-refractivity contribution is -0.106. The molecule has 0 fully saturated rings. The van der Waals surface area contributed by atoms with Crippen LogP contribution < -0.4 is 0 Å². The molecule has 1 aromatic rings. The van der Waals surface area contributed by atoms with Crippen molar-refractivity contribution in [3.63, 3.8) is 0 Å². The van der Waals surface area contributed by atoms with Gasteiger partial charge < -0.3 is 4.79 Å². The third-order valence-electron chi connectivity index (χ3n) is 0.940. The Morgan fingerprint density at radius 2 is 1.35 bits per heavy atom. The molecule has 0 saturated heterocycles. The first kappa shape index (κ1) is 30.2. The van der Waals surface area contributed by atoms with Gasteiger partial charge in [0.2, 0.25) is 0 Å². The van der Waals surface area contributed by atoms with E-state index in [2.05, 4.69) is 57.6 Å². The van der Waals surface area contributed by atoms with Crippen LogP contribution in [0.1, 0.15) is 19.9 Å². The minimum absolute atomic E-state index is 0. The van der Waals surface area contributed by atoms with Gasteiger partial charge in [0.15, 0.2) is 0 Å². The van der Waals surface area contributed by atoms with Crippen molar-refractivity contribution in [3.05, 3.63) is 35.9 Å². The van der Waals surface area contributed by atoms with Crippen LogP contribution in [0.5, 0.6) is 0 Å². The van der Waals surface area contributed by atoms with E-state index in [-0.39, 0.29) is 7.43 Å². The molecule has 0 N–H and O–H groups in total. The normalized spacial score (nSPS) is 5.41. The highest BCUT2D eigenvalue weighted by atomic mass is 127. The van der Waals surface area contributed by atoms with Crippen LogP contribution in [0.25, 0.3) is 0 Å². The monoisotopic (exact) mass is 422 g/mol. The first-order valence-corrected chi connectivity index (χ1v) is 8.10.